The van der Waals surface area contributed by atoms with E-state index in [1.165, 1.54) is 0 Å². The van der Waals surface area contributed by atoms with Crippen molar-refractivity contribution in [2.24, 2.45) is 0 Å². The van der Waals surface area contributed by atoms with Gasteiger partial charge in [0.2, 0.25) is 0 Å². The van der Waals surface area contributed by atoms with Gasteiger partial charge in [-0.15, -0.1) is 11.8 Å². The smallest absolute Gasteiger partial charge is 0.340 e. The molecule has 1 saturated heterocycles. The Labute approximate surface area is 117 Å². The molecule has 1 aliphatic heterocycles. The predicted octanol–water partition coefficient (Wildman–Crippen LogP) is 2.72. The molecule has 0 spiro atoms. The van der Waals surface area contributed by atoms with Gasteiger partial charge in [0, 0.05) is 29.0 Å². The highest BCUT2D eigenvalue weighted by molar-refractivity contribution is 8.00. The SMILES string of the molecule is CCOC(=O)c1cc(SC2CCOCC2)ccc1N. The molecule has 5 heteroatoms. The summed E-state index contributed by atoms with van der Waals surface area (Å²) in [6, 6.07) is 5.56. The van der Waals surface area contributed by atoms with Gasteiger partial charge in [-0.2, -0.15) is 0 Å². The highest BCUT2D eigenvalue weighted by Gasteiger charge is 2.17. The van der Waals surface area contributed by atoms with Crippen LogP contribution >= 0.6 is 11.8 Å². The Balaban J connectivity index is 2.08. The average molecular weight is 281 g/mol. The number of ether oxygens (including phenoxy) is 2. The standard InChI is InChI=1S/C14H19NO3S/c1-2-18-14(16)12-9-11(3-4-13(12)15)19-10-5-7-17-8-6-10/h3-4,9-10H,2,5-8,15H2,1H3. The summed E-state index contributed by atoms with van der Waals surface area (Å²) in [5.74, 6) is -0.352. The molecule has 1 aliphatic rings. The maximum Gasteiger partial charge on any atom is 0.340 e. The van der Waals surface area contributed by atoms with Gasteiger partial charge in [-0.1, -0.05) is 0 Å². The first-order valence-corrected chi connectivity index (χ1v) is 7.39. The van der Waals surface area contributed by atoms with E-state index in [1.807, 2.05) is 12.1 Å². The summed E-state index contributed by atoms with van der Waals surface area (Å²) < 4.78 is 10.3. The molecular weight excluding hydrogens is 262 g/mol. The van der Waals surface area contributed by atoms with Crippen LogP contribution in [-0.4, -0.2) is 31.0 Å². The van der Waals surface area contributed by atoms with Crippen LogP contribution in [0, 0.1) is 0 Å². The summed E-state index contributed by atoms with van der Waals surface area (Å²) in [5, 5.41) is 0.549. The number of hydrogen-bond acceptors (Lipinski definition) is 5. The number of carbonyl (C=O) groups is 1. The van der Waals surface area contributed by atoms with E-state index in [0.717, 1.165) is 31.0 Å². The van der Waals surface area contributed by atoms with Crippen molar-refractivity contribution < 1.29 is 14.3 Å². The lowest BCUT2D eigenvalue weighted by Gasteiger charge is -2.21. The molecule has 19 heavy (non-hydrogen) atoms. The largest absolute Gasteiger partial charge is 0.462 e. The van der Waals surface area contributed by atoms with Gasteiger partial charge in [-0.25, -0.2) is 4.79 Å². The van der Waals surface area contributed by atoms with E-state index in [-0.39, 0.29) is 5.97 Å². The van der Waals surface area contributed by atoms with E-state index in [9.17, 15) is 4.79 Å². The van der Waals surface area contributed by atoms with E-state index >= 15 is 0 Å². The summed E-state index contributed by atoms with van der Waals surface area (Å²) in [4.78, 5) is 12.8. The molecule has 4 nitrogen and oxygen atoms in total. The van der Waals surface area contributed by atoms with Crippen molar-refractivity contribution in [3.63, 3.8) is 0 Å². The molecule has 1 fully saturated rings. The lowest BCUT2D eigenvalue weighted by Crippen LogP contribution is -2.17. The fourth-order valence-electron chi connectivity index (χ4n) is 1.98. The first-order valence-electron chi connectivity index (χ1n) is 6.51. The fraction of sp³-hybridized carbons (Fsp3) is 0.500. The molecule has 1 heterocycles. The molecular formula is C14H19NO3S. The number of thioether (sulfide) groups is 1. The molecule has 0 amide bonds. The van der Waals surface area contributed by atoms with Gasteiger partial charge in [0.05, 0.1) is 12.2 Å². The van der Waals surface area contributed by atoms with Crippen LogP contribution in [-0.2, 0) is 9.47 Å². The Morgan fingerprint density at radius 1 is 1.47 bits per heavy atom. The third-order valence-electron chi connectivity index (χ3n) is 2.99. The number of hydrogen-bond donors (Lipinski definition) is 1. The van der Waals surface area contributed by atoms with Gasteiger partial charge in [-0.3, -0.25) is 0 Å². The predicted molar refractivity (Wildman–Crippen MR) is 76.5 cm³/mol. The van der Waals surface area contributed by atoms with Crippen molar-refractivity contribution in [3.8, 4) is 0 Å². The lowest BCUT2D eigenvalue weighted by molar-refractivity contribution is 0.0527. The van der Waals surface area contributed by atoms with Crippen LogP contribution in [0.2, 0.25) is 0 Å². The second-order valence-corrected chi connectivity index (χ2v) is 5.77. The Morgan fingerprint density at radius 2 is 2.21 bits per heavy atom. The van der Waals surface area contributed by atoms with Gasteiger partial charge >= 0.3 is 5.97 Å². The number of nitrogen functional groups attached to an aromatic ring is 1. The van der Waals surface area contributed by atoms with Gasteiger partial charge in [0.15, 0.2) is 0 Å². The number of rotatable bonds is 4. The molecule has 0 saturated carbocycles. The zero-order valence-corrected chi connectivity index (χ0v) is 11.9. The second kappa shape index (κ2) is 6.82. The van der Waals surface area contributed by atoms with Crippen molar-refractivity contribution in [3.05, 3.63) is 23.8 Å². The van der Waals surface area contributed by atoms with E-state index < -0.39 is 0 Å². The molecule has 2 rings (SSSR count). The minimum atomic E-state index is -0.352. The number of carbonyl (C=O) groups excluding carboxylic acids is 1. The summed E-state index contributed by atoms with van der Waals surface area (Å²) in [7, 11) is 0. The number of esters is 1. The molecule has 1 aromatic carbocycles. The topological polar surface area (TPSA) is 61.5 Å². The Bertz CT molecular complexity index is 444. The van der Waals surface area contributed by atoms with Crippen molar-refractivity contribution in [1.82, 2.24) is 0 Å². The zero-order valence-electron chi connectivity index (χ0n) is 11.1. The number of anilines is 1. The first kappa shape index (κ1) is 14.2. The molecule has 0 radical (unpaired) electrons. The van der Waals surface area contributed by atoms with E-state index in [1.54, 1.807) is 24.8 Å². The van der Waals surface area contributed by atoms with Crippen LogP contribution in [0.25, 0.3) is 0 Å². The highest BCUT2D eigenvalue weighted by Crippen LogP contribution is 2.31. The minimum absolute atomic E-state index is 0.352. The molecule has 0 atom stereocenters. The Morgan fingerprint density at radius 3 is 2.89 bits per heavy atom. The van der Waals surface area contributed by atoms with Crippen LogP contribution in [0.4, 0.5) is 5.69 Å². The van der Waals surface area contributed by atoms with Crippen LogP contribution in [0.5, 0.6) is 0 Å². The van der Waals surface area contributed by atoms with Crippen LogP contribution in [0.1, 0.15) is 30.1 Å². The molecule has 2 N–H and O–H groups in total. The van der Waals surface area contributed by atoms with Gasteiger partial charge < -0.3 is 15.2 Å². The number of benzene rings is 1. The van der Waals surface area contributed by atoms with Crippen molar-refractivity contribution >= 4 is 23.4 Å². The third kappa shape index (κ3) is 3.88. The quantitative estimate of drug-likeness (QED) is 0.679. The first-order chi connectivity index (χ1) is 9.20. The molecule has 104 valence electrons. The lowest BCUT2D eigenvalue weighted by atomic mass is 10.2. The summed E-state index contributed by atoms with van der Waals surface area (Å²) >= 11 is 1.78. The van der Waals surface area contributed by atoms with Crippen LogP contribution in [0.3, 0.4) is 0 Å². The van der Waals surface area contributed by atoms with Crippen molar-refractivity contribution in [2.45, 2.75) is 29.9 Å². The minimum Gasteiger partial charge on any atom is -0.462 e. The van der Waals surface area contributed by atoms with Gasteiger partial charge in [0.25, 0.3) is 0 Å². The molecule has 0 aliphatic carbocycles. The van der Waals surface area contributed by atoms with Gasteiger partial charge in [-0.05, 0) is 38.0 Å². The second-order valence-electron chi connectivity index (χ2n) is 4.40. The maximum absolute atomic E-state index is 11.8. The van der Waals surface area contributed by atoms with Gasteiger partial charge in [0.1, 0.15) is 0 Å². The Hall–Kier alpha value is -1.20. The Kier molecular flexibility index (Phi) is 5.10. The zero-order chi connectivity index (χ0) is 13.7. The normalized spacial score (nSPS) is 16.3. The third-order valence-corrected chi connectivity index (χ3v) is 4.32. The molecule has 0 aromatic heterocycles. The maximum atomic E-state index is 11.8. The molecule has 0 unspecified atom stereocenters. The van der Waals surface area contributed by atoms with E-state index in [2.05, 4.69) is 0 Å². The summed E-state index contributed by atoms with van der Waals surface area (Å²) in [5.41, 5.74) is 6.75. The highest BCUT2D eigenvalue weighted by atomic mass is 32.2. The fourth-order valence-corrected chi connectivity index (χ4v) is 3.13. The van der Waals surface area contributed by atoms with E-state index in [4.69, 9.17) is 15.2 Å². The summed E-state index contributed by atoms with van der Waals surface area (Å²) in [6.07, 6.45) is 2.09. The van der Waals surface area contributed by atoms with Crippen molar-refractivity contribution in [1.29, 1.82) is 0 Å². The number of nitrogens with two attached hydrogens (primary N) is 1. The molecule has 0 bridgehead atoms. The van der Waals surface area contributed by atoms with E-state index in [0.29, 0.717) is 23.1 Å². The average Bonchev–Trinajstić information content (AvgIpc) is 2.42. The van der Waals surface area contributed by atoms with Crippen LogP contribution < -0.4 is 5.73 Å². The van der Waals surface area contributed by atoms with Crippen LogP contribution in [0.15, 0.2) is 23.1 Å². The monoisotopic (exact) mass is 281 g/mol. The molecule has 1 aromatic rings. The van der Waals surface area contributed by atoms with Crippen molar-refractivity contribution in [2.75, 3.05) is 25.6 Å². The summed E-state index contributed by atoms with van der Waals surface area (Å²) in [6.45, 7) is 3.78.